The third-order valence-corrected chi connectivity index (χ3v) is 6.71. The molecule has 0 spiro atoms. The predicted molar refractivity (Wildman–Crippen MR) is 164 cm³/mol. The van der Waals surface area contributed by atoms with Crippen LogP contribution in [0.2, 0.25) is 0 Å². The van der Waals surface area contributed by atoms with Crippen LogP contribution in [-0.2, 0) is 11.2 Å². The smallest absolute Gasteiger partial charge is 0.200 e. The van der Waals surface area contributed by atoms with Gasteiger partial charge in [0.1, 0.15) is 18.1 Å². The molecule has 38 heavy (non-hydrogen) atoms. The van der Waals surface area contributed by atoms with Crippen LogP contribution in [0.4, 0.5) is 0 Å². The van der Waals surface area contributed by atoms with Crippen LogP contribution in [0.3, 0.4) is 0 Å². The molecule has 0 heterocycles. The van der Waals surface area contributed by atoms with Gasteiger partial charge in [-0.3, -0.25) is 0 Å². The lowest BCUT2D eigenvalue weighted by Gasteiger charge is -2.23. The van der Waals surface area contributed by atoms with E-state index in [-0.39, 0.29) is 11.7 Å². The normalized spacial score (nSPS) is 13.7. The number of ether oxygens (including phenoxy) is 3. The fourth-order valence-electron chi connectivity index (χ4n) is 4.73. The summed E-state index contributed by atoms with van der Waals surface area (Å²) in [5, 5.41) is 0. The van der Waals surface area contributed by atoms with Crippen molar-refractivity contribution in [3.63, 3.8) is 0 Å². The molecule has 3 heteroatoms. The number of benzene rings is 2. The summed E-state index contributed by atoms with van der Waals surface area (Å²) in [5.41, 5.74) is 3.02. The Hall–Kier alpha value is -2.00. The largest absolute Gasteiger partial charge is 0.491 e. The van der Waals surface area contributed by atoms with Crippen molar-refractivity contribution in [2.24, 2.45) is 11.3 Å². The third kappa shape index (κ3) is 14.2. The van der Waals surface area contributed by atoms with Gasteiger partial charge in [0.25, 0.3) is 0 Å². The molecule has 2 aromatic carbocycles. The van der Waals surface area contributed by atoms with Gasteiger partial charge in [0.05, 0.1) is 6.61 Å². The maximum Gasteiger partial charge on any atom is 0.200 e. The molecule has 216 valence electrons. The predicted octanol–water partition coefficient (Wildman–Crippen LogP) is 10.6. The van der Waals surface area contributed by atoms with Crippen molar-refractivity contribution in [2.75, 3.05) is 13.2 Å². The van der Waals surface area contributed by atoms with E-state index in [9.17, 15) is 0 Å². The Balaban J connectivity index is 0.00000352. The van der Waals surface area contributed by atoms with Crippen molar-refractivity contribution >= 4 is 0 Å². The average Bonchev–Trinajstić information content (AvgIpc) is 2.90. The summed E-state index contributed by atoms with van der Waals surface area (Å²) in [6.07, 6.45) is 8.96. The van der Waals surface area contributed by atoms with Crippen molar-refractivity contribution in [3.8, 4) is 11.5 Å². The summed E-state index contributed by atoms with van der Waals surface area (Å²) in [6.45, 7) is 20.9. The quantitative estimate of drug-likeness (QED) is 0.151. The SMILES string of the molecule is CC.CCCCC(C)CC(OCCOc1ccc(C(CC)CCC)cc1)Oc1ccc(CC(C)(C)C)cc1. The standard InChI is InChI=1S/C33H52O3.C2H6/c1-8-11-13-26(4)24-32(36-31-18-14-27(15-19-31)25-33(5,6)7)35-23-22-34-30-20-16-29(17-21-30)28(10-3)12-9-2;1-2/h14-21,26,28,32H,8-13,22-25H2,1-7H3;1-2H3. The zero-order valence-corrected chi connectivity index (χ0v) is 26.1. The van der Waals surface area contributed by atoms with E-state index in [1.54, 1.807) is 0 Å². The molecule has 0 bridgehead atoms. The van der Waals surface area contributed by atoms with Gasteiger partial charge >= 0.3 is 0 Å². The van der Waals surface area contributed by atoms with Gasteiger partial charge in [-0.25, -0.2) is 0 Å². The highest BCUT2D eigenvalue weighted by molar-refractivity contribution is 5.29. The molecule has 2 rings (SSSR count). The minimum atomic E-state index is -0.268. The van der Waals surface area contributed by atoms with Crippen LogP contribution in [0.5, 0.6) is 11.5 Å². The molecule has 0 radical (unpaired) electrons. The second kappa shape index (κ2) is 19.1. The highest BCUT2D eigenvalue weighted by atomic mass is 16.7. The van der Waals surface area contributed by atoms with Crippen molar-refractivity contribution in [3.05, 3.63) is 59.7 Å². The Morgan fingerprint density at radius 1 is 0.763 bits per heavy atom. The summed E-state index contributed by atoms with van der Waals surface area (Å²) in [6, 6.07) is 17.1. The maximum absolute atomic E-state index is 6.30. The van der Waals surface area contributed by atoms with Crippen LogP contribution in [0, 0.1) is 11.3 Å². The lowest BCUT2D eigenvalue weighted by atomic mass is 9.88. The van der Waals surface area contributed by atoms with Crippen LogP contribution < -0.4 is 9.47 Å². The number of rotatable bonds is 17. The Morgan fingerprint density at radius 2 is 1.39 bits per heavy atom. The van der Waals surface area contributed by atoms with Crippen LogP contribution in [0.1, 0.15) is 124 Å². The fourth-order valence-corrected chi connectivity index (χ4v) is 4.73. The van der Waals surface area contributed by atoms with Crippen molar-refractivity contribution in [2.45, 2.75) is 126 Å². The van der Waals surface area contributed by atoms with Gasteiger partial charge in [-0.05, 0) is 71.9 Å². The monoisotopic (exact) mass is 526 g/mol. The zero-order valence-electron chi connectivity index (χ0n) is 26.1. The molecule has 0 aliphatic carbocycles. The minimum absolute atomic E-state index is 0.268. The van der Waals surface area contributed by atoms with E-state index in [0.29, 0.717) is 25.0 Å². The summed E-state index contributed by atoms with van der Waals surface area (Å²) >= 11 is 0. The zero-order chi connectivity index (χ0) is 28.4. The minimum Gasteiger partial charge on any atom is -0.491 e. The summed E-state index contributed by atoms with van der Waals surface area (Å²) in [7, 11) is 0. The van der Waals surface area contributed by atoms with E-state index in [0.717, 1.165) is 24.3 Å². The van der Waals surface area contributed by atoms with E-state index < -0.39 is 0 Å². The molecular formula is C35H58O3. The maximum atomic E-state index is 6.30. The van der Waals surface area contributed by atoms with E-state index in [4.69, 9.17) is 14.2 Å². The molecule has 2 aromatic rings. The van der Waals surface area contributed by atoms with E-state index in [1.807, 2.05) is 13.8 Å². The van der Waals surface area contributed by atoms with E-state index in [2.05, 4.69) is 97.0 Å². The highest BCUT2D eigenvalue weighted by Crippen LogP contribution is 2.27. The fraction of sp³-hybridized carbons (Fsp3) is 0.657. The second-order valence-electron chi connectivity index (χ2n) is 11.6. The molecule has 3 nitrogen and oxygen atoms in total. The van der Waals surface area contributed by atoms with Gasteiger partial charge in [0, 0.05) is 6.42 Å². The molecule has 0 N–H and O–H groups in total. The first-order chi connectivity index (χ1) is 18.2. The van der Waals surface area contributed by atoms with Crippen molar-refractivity contribution < 1.29 is 14.2 Å². The molecule has 3 unspecified atom stereocenters. The van der Waals surface area contributed by atoms with Crippen LogP contribution in [0.15, 0.2) is 48.5 Å². The van der Waals surface area contributed by atoms with Crippen molar-refractivity contribution in [1.29, 1.82) is 0 Å². The molecule has 0 aliphatic heterocycles. The molecule has 0 aliphatic rings. The molecule has 0 amide bonds. The second-order valence-corrected chi connectivity index (χ2v) is 11.6. The Morgan fingerprint density at radius 3 is 1.95 bits per heavy atom. The average molecular weight is 527 g/mol. The first-order valence-corrected chi connectivity index (χ1v) is 15.3. The topological polar surface area (TPSA) is 27.7 Å². The van der Waals surface area contributed by atoms with Crippen LogP contribution in [0.25, 0.3) is 0 Å². The van der Waals surface area contributed by atoms with Crippen LogP contribution >= 0.6 is 0 Å². The van der Waals surface area contributed by atoms with E-state index >= 15 is 0 Å². The van der Waals surface area contributed by atoms with E-state index in [1.165, 1.54) is 49.7 Å². The highest BCUT2D eigenvalue weighted by Gasteiger charge is 2.17. The third-order valence-electron chi connectivity index (χ3n) is 6.71. The molecule has 0 saturated heterocycles. The van der Waals surface area contributed by atoms with Crippen molar-refractivity contribution in [1.82, 2.24) is 0 Å². The van der Waals surface area contributed by atoms with Gasteiger partial charge in [-0.15, -0.1) is 0 Å². The molecule has 0 fully saturated rings. The molecular weight excluding hydrogens is 468 g/mol. The van der Waals surface area contributed by atoms with Gasteiger partial charge in [0.15, 0.2) is 6.29 Å². The Kier molecular flexibility index (Phi) is 17.1. The summed E-state index contributed by atoms with van der Waals surface area (Å²) in [5.74, 6) is 2.96. The van der Waals surface area contributed by atoms with Gasteiger partial charge < -0.3 is 14.2 Å². The lowest BCUT2D eigenvalue weighted by Crippen LogP contribution is -2.25. The first kappa shape index (κ1) is 34.0. The summed E-state index contributed by atoms with van der Waals surface area (Å²) < 4.78 is 18.5. The molecule has 0 saturated carbocycles. The Labute approximate surface area is 235 Å². The van der Waals surface area contributed by atoms with Gasteiger partial charge in [-0.1, -0.05) is 112 Å². The number of hydrogen-bond donors (Lipinski definition) is 0. The van der Waals surface area contributed by atoms with Gasteiger partial charge in [0.2, 0.25) is 0 Å². The molecule has 3 atom stereocenters. The van der Waals surface area contributed by atoms with Gasteiger partial charge in [-0.2, -0.15) is 0 Å². The van der Waals surface area contributed by atoms with Crippen LogP contribution in [-0.4, -0.2) is 19.5 Å². The number of unbranched alkanes of at least 4 members (excludes halogenated alkanes) is 1. The first-order valence-electron chi connectivity index (χ1n) is 15.3. The lowest BCUT2D eigenvalue weighted by molar-refractivity contribution is -0.0981. The molecule has 0 aromatic heterocycles. The summed E-state index contributed by atoms with van der Waals surface area (Å²) in [4.78, 5) is 0. The number of hydrogen-bond acceptors (Lipinski definition) is 3. The Bertz CT molecular complexity index is 820.